The number of ether oxygens (including phenoxy) is 1. The first-order chi connectivity index (χ1) is 8.76. The van der Waals surface area contributed by atoms with Crippen molar-refractivity contribution in [2.24, 2.45) is 0 Å². The molecule has 0 saturated heterocycles. The molecule has 2 rings (SSSR count). The molecule has 1 aliphatic heterocycles. The van der Waals surface area contributed by atoms with Crippen molar-refractivity contribution in [3.8, 4) is 0 Å². The van der Waals surface area contributed by atoms with Crippen molar-refractivity contribution in [2.75, 3.05) is 0 Å². The third-order valence-electron chi connectivity index (χ3n) is 2.90. The number of nitrogens with zero attached hydrogens (tertiary/aromatic N) is 1. The predicted octanol–water partition coefficient (Wildman–Crippen LogP) is 0.617. The molecule has 0 spiro atoms. The fourth-order valence-corrected chi connectivity index (χ4v) is 2.03. The monoisotopic (exact) mass is 263 g/mol. The minimum Gasteiger partial charge on any atom is -0.444 e. The van der Waals surface area contributed by atoms with Gasteiger partial charge in [0.15, 0.2) is 0 Å². The summed E-state index contributed by atoms with van der Waals surface area (Å²) >= 11 is 0. The summed E-state index contributed by atoms with van der Waals surface area (Å²) in [5.74, 6) is 0. The molecule has 1 aromatic rings. The van der Waals surface area contributed by atoms with Crippen molar-refractivity contribution in [3.63, 3.8) is 0 Å². The molecular formula is C13H18BNO4. The number of rotatable bonds is 1. The zero-order chi connectivity index (χ0) is 14.2. The fraction of sp³-hybridized carbons (Fsp3) is 0.462. The molecule has 5 nitrogen and oxygen atoms in total. The van der Waals surface area contributed by atoms with Crippen LogP contribution in [0.25, 0.3) is 0 Å². The second-order valence-electron chi connectivity index (χ2n) is 5.74. The van der Waals surface area contributed by atoms with Crippen LogP contribution in [0, 0.1) is 0 Å². The lowest BCUT2D eigenvalue weighted by Crippen LogP contribution is -2.33. The van der Waals surface area contributed by atoms with Crippen molar-refractivity contribution in [1.82, 2.24) is 4.90 Å². The summed E-state index contributed by atoms with van der Waals surface area (Å²) in [5.41, 5.74) is 1.86. The Bertz CT molecular complexity index is 496. The van der Waals surface area contributed by atoms with E-state index in [2.05, 4.69) is 0 Å². The van der Waals surface area contributed by atoms with E-state index >= 15 is 0 Å². The van der Waals surface area contributed by atoms with Gasteiger partial charge in [-0.1, -0.05) is 18.2 Å². The van der Waals surface area contributed by atoms with Gasteiger partial charge in [0.2, 0.25) is 0 Å². The van der Waals surface area contributed by atoms with E-state index in [9.17, 15) is 4.79 Å². The molecule has 0 aliphatic carbocycles. The summed E-state index contributed by atoms with van der Waals surface area (Å²) in [6.07, 6.45) is -0.352. The van der Waals surface area contributed by atoms with Gasteiger partial charge in [-0.25, -0.2) is 4.79 Å². The normalized spacial score (nSPS) is 14.3. The van der Waals surface area contributed by atoms with Crippen LogP contribution in [0.2, 0.25) is 0 Å². The molecule has 0 saturated carbocycles. The van der Waals surface area contributed by atoms with E-state index in [0.717, 1.165) is 11.1 Å². The molecular weight excluding hydrogens is 245 g/mol. The summed E-state index contributed by atoms with van der Waals surface area (Å²) in [6.45, 7) is 6.41. The highest BCUT2D eigenvalue weighted by atomic mass is 16.6. The van der Waals surface area contributed by atoms with Crippen molar-refractivity contribution >= 4 is 18.7 Å². The molecule has 1 aromatic carbocycles. The Labute approximate surface area is 112 Å². The first-order valence-electron chi connectivity index (χ1n) is 6.22. The van der Waals surface area contributed by atoms with Crippen LogP contribution in [0.1, 0.15) is 31.9 Å². The van der Waals surface area contributed by atoms with Gasteiger partial charge in [0, 0.05) is 13.1 Å². The molecule has 0 unspecified atom stereocenters. The smallest absolute Gasteiger partial charge is 0.444 e. The molecule has 102 valence electrons. The summed E-state index contributed by atoms with van der Waals surface area (Å²) in [6, 6.07) is 5.18. The van der Waals surface area contributed by atoms with Gasteiger partial charge in [-0.15, -0.1) is 0 Å². The second-order valence-corrected chi connectivity index (χ2v) is 5.74. The Balaban J connectivity index is 2.10. The number of benzene rings is 1. The molecule has 0 atom stereocenters. The zero-order valence-electron chi connectivity index (χ0n) is 11.4. The van der Waals surface area contributed by atoms with Gasteiger partial charge in [0.25, 0.3) is 0 Å². The maximum Gasteiger partial charge on any atom is 0.488 e. The van der Waals surface area contributed by atoms with Crippen LogP contribution in [0.3, 0.4) is 0 Å². The molecule has 19 heavy (non-hydrogen) atoms. The minimum atomic E-state index is -1.49. The van der Waals surface area contributed by atoms with E-state index in [1.165, 1.54) is 0 Å². The molecule has 2 N–H and O–H groups in total. The van der Waals surface area contributed by atoms with Crippen molar-refractivity contribution in [3.05, 3.63) is 29.3 Å². The quantitative estimate of drug-likeness (QED) is 0.728. The standard InChI is InChI=1S/C13H18BNO4/c1-13(2,3)19-12(16)15-7-9-4-5-11(14(17)18)6-10(9)8-15/h4-6,17-18H,7-8H2,1-3H3. The topological polar surface area (TPSA) is 70.0 Å². The van der Waals surface area contributed by atoms with Crippen LogP contribution >= 0.6 is 0 Å². The zero-order valence-corrected chi connectivity index (χ0v) is 11.4. The third-order valence-corrected chi connectivity index (χ3v) is 2.90. The van der Waals surface area contributed by atoms with Crippen LogP contribution in [-0.4, -0.2) is 33.8 Å². The largest absolute Gasteiger partial charge is 0.488 e. The highest BCUT2D eigenvalue weighted by Gasteiger charge is 2.28. The number of hydrogen-bond acceptors (Lipinski definition) is 4. The van der Waals surface area contributed by atoms with E-state index in [1.807, 2.05) is 26.8 Å². The Morgan fingerprint density at radius 1 is 1.26 bits per heavy atom. The number of carbonyl (C=O) groups excluding carboxylic acids is 1. The highest BCUT2D eigenvalue weighted by Crippen LogP contribution is 2.23. The molecule has 0 radical (unpaired) electrons. The Morgan fingerprint density at radius 3 is 2.47 bits per heavy atom. The van der Waals surface area contributed by atoms with E-state index in [4.69, 9.17) is 14.8 Å². The number of amides is 1. The third kappa shape index (κ3) is 3.27. The van der Waals surface area contributed by atoms with Crippen molar-refractivity contribution in [2.45, 2.75) is 39.5 Å². The molecule has 1 amide bonds. The SMILES string of the molecule is CC(C)(C)OC(=O)N1Cc2ccc(B(O)O)cc2C1. The van der Waals surface area contributed by atoms with E-state index < -0.39 is 12.7 Å². The van der Waals surface area contributed by atoms with E-state index in [0.29, 0.717) is 18.6 Å². The molecule has 6 heteroatoms. The van der Waals surface area contributed by atoms with Crippen LogP contribution in [-0.2, 0) is 17.8 Å². The molecule has 0 bridgehead atoms. The summed E-state index contributed by atoms with van der Waals surface area (Å²) in [4.78, 5) is 13.6. The lowest BCUT2D eigenvalue weighted by molar-refractivity contribution is 0.0242. The second kappa shape index (κ2) is 4.87. The van der Waals surface area contributed by atoms with Gasteiger partial charge >= 0.3 is 13.2 Å². The summed E-state index contributed by atoms with van der Waals surface area (Å²) in [7, 11) is -1.49. The number of hydrogen-bond donors (Lipinski definition) is 2. The van der Waals surface area contributed by atoms with Crippen molar-refractivity contribution < 1.29 is 19.6 Å². The van der Waals surface area contributed by atoms with Crippen LogP contribution < -0.4 is 5.46 Å². The van der Waals surface area contributed by atoms with E-state index in [-0.39, 0.29) is 6.09 Å². The Hall–Kier alpha value is -1.53. The maximum atomic E-state index is 12.0. The molecule has 0 aromatic heterocycles. The van der Waals surface area contributed by atoms with Gasteiger partial charge in [0.1, 0.15) is 5.60 Å². The summed E-state index contributed by atoms with van der Waals surface area (Å²) < 4.78 is 5.32. The first kappa shape index (κ1) is 13.9. The van der Waals surface area contributed by atoms with Crippen molar-refractivity contribution in [1.29, 1.82) is 0 Å². The minimum absolute atomic E-state index is 0.352. The van der Waals surface area contributed by atoms with Gasteiger partial charge in [0.05, 0.1) is 0 Å². The summed E-state index contributed by atoms with van der Waals surface area (Å²) in [5, 5.41) is 18.3. The maximum absolute atomic E-state index is 12.0. The van der Waals surface area contributed by atoms with E-state index in [1.54, 1.807) is 17.0 Å². The number of fused-ring (bicyclic) bond motifs is 1. The Morgan fingerprint density at radius 2 is 1.89 bits per heavy atom. The molecule has 1 heterocycles. The Kier molecular flexibility index (Phi) is 3.56. The lowest BCUT2D eigenvalue weighted by Gasteiger charge is -2.24. The average Bonchev–Trinajstić information content (AvgIpc) is 2.68. The highest BCUT2D eigenvalue weighted by molar-refractivity contribution is 6.58. The van der Waals surface area contributed by atoms with Gasteiger partial charge in [-0.3, -0.25) is 4.90 Å². The van der Waals surface area contributed by atoms with Gasteiger partial charge in [-0.2, -0.15) is 0 Å². The number of carbonyl (C=O) groups is 1. The van der Waals surface area contributed by atoms with Gasteiger partial charge in [-0.05, 0) is 37.4 Å². The molecule has 1 aliphatic rings. The van der Waals surface area contributed by atoms with Crippen LogP contribution in [0.15, 0.2) is 18.2 Å². The van der Waals surface area contributed by atoms with Gasteiger partial charge < -0.3 is 14.8 Å². The molecule has 0 fully saturated rings. The lowest BCUT2D eigenvalue weighted by atomic mass is 9.79. The fourth-order valence-electron chi connectivity index (χ4n) is 2.03. The van der Waals surface area contributed by atoms with Crippen LogP contribution in [0.4, 0.5) is 4.79 Å². The average molecular weight is 263 g/mol. The predicted molar refractivity (Wildman–Crippen MR) is 71.7 cm³/mol. The first-order valence-corrected chi connectivity index (χ1v) is 6.22. The van der Waals surface area contributed by atoms with Crippen LogP contribution in [0.5, 0.6) is 0 Å².